The van der Waals surface area contributed by atoms with Gasteiger partial charge < -0.3 is 10.2 Å². The van der Waals surface area contributed by atoms with Gasteiger partial charge in [-0.15, -0.1) is 0 Å². The summed E-state index contributed by atoms with van der Waals surface area (Å²) in [4.78, 5) is 12.9. The van der Waals surface area contributed by atoms with Crippen molar-refractivity contribution < 1.29 is 4.79 Å². The van der Waals surface area contributed by atoms with Crippen LogP contribution in [-0.4, -0.2) is 25.0 Å². The van der Waals surface area contributed by atoms with Crippen molar-refractivity contribution in [2.45, 2.75) is 26.2 Å². The Hall–Kier alpha value is -1.51. The van der Waals surface area contributed by atoms with Crippen LogP contribution in [0, 0.1) is 0 Å². The minimum Gasteiger partial charge on any atom is -0.331 e. The van der Waals surface area contributed by atoms with Gasteiger partial charge in [0.05, 0.1) is 0 Å². The first-order valence-electron chi connectivity index (χ1n) is 5.70. The van der Waals surface area contributed by atoms with E-state index in [0.29, 0.717) is 0 Å². The number of unbranched alkanes of at least 4 members (excludes halogenated alkanes) is 1. The average molecular weight is 220 g/mol. The molecule has 0 aliphatic rings. The van der Waals surface area contributed by atoms with E-state index in [-0.39, 0.29) is 6.03 Å². The highest BCUT2D eigenvalue weighted by Crippen LogP contribution is 2.11. The van der Waals surface area contributed by atoms with E-state index in [1.807, 2.05) is 12.1 Å². The van der Waals surface area contributed by atoms with Crippen molar-refractivity contribution in [3.05, 3.63) is 29.8 Å². The number of amides is 2. The molecule has 0 radical (unpaired) electrons. The molecule has 2 amide bonds. The van der Waals surface area contributed by atoms with Crippen LogP contribution in [0.4, 0.5) is 10.5 Å². The maximum atomic E-state index is 11.4. The highest BCUT2D eigenvalue weighted by Gasteiger charge is 2.03. The number of nitrogens with zero attached hydrogens (tertiary/aromatic N) is 1. The highest BCUT2D eigenvalue weighted by molar-refractivity contribution is 5.88. The Bertz CT molecular complexity index is 330. The summed E-state index contributed by atoms with van der Waals surface area (Å²) in [6, 6.07) is 7.95. The number of benzene rings is 1. The molecule has 3 heteroatoms. The summed E-state index contributed by atoms with van der Waals surface area (Å²) in [6.45, 7) is 2.19. The second-order valence-corrected chi connectivity index (χ2v) is 4.13. The van der Waals surface area contributed by atoms with Crippen LogP contribution in [0.25, 0.3) is 0 Å². The van der Waals surface area contributed by atoms with Gasteiger partial charge in [-0.05, 0) is 30.5 Å². The maximum absolute atomic E-state index is 11.4. The van der Waals surface area contributed by atoms with Crippen LogP contribution in [0.1, 0.15) is 25.3 Å². The van der Waals surface area contributed by atoms with Gasteiger partial charge in [0.15, 0.2) is 0 Å². The lowest BCUT2D eigenvalue weighted by atomic mass is 10.1. The van der Waals surface area contributed by atoms with Gasteiger partial charge in [0.1, 0.15) is 0 Å². The second kappa shape index (κ2) is 6.16. The van der Waals surface area contributed by atoms with E-state index in [4.69, 9.17) is 0 Å². The van der Waals surface area contributed by atoms with Gasteiger partial charge in [0.25, 0.3) is 0 Å². The third kappa shape index (κ3) is 3.93. The number of aryl methyl sites for hydroxylation is 1. The van der Waals surface area contributed by atoms with Crippen LogP contribution < -0.4 is 5.32 Å². The summed E-state index contributed by atoms with van der Waals surface area (Å²) in [7, 11) is 3.45. The normalized spacial score (nSPS) is 9.94. The molecule has 0 unspecified atom stereocenters. The molecule has 0 spiro atoms. The zero-order valence-electron chi connectivity index (χ0n) is 10.3. The summed E-state index contributed by atoms with van der Waals surface area (Å²) < 4.78 is 0. The lowest BCUT2D eigenvalue weighted by molar-refractivity contribution is 0.230. The van der Waals surface area contributed by atoms with Crippen LogP contribution >= 0.6 is 0 Å². The first kappa shape index (κ1) is 12.6. The molecular formula is C13H20N2O. The predicted molar refractivity (Wildman–Crippen MR) is 67.8 cm³/mol. The number of hydrogen-bond donors (Lipinski definition) is 1. The van der Waals surface area contributed by atoms with Gasteiger partial charge in [-0.25, -0.2) is 4.79 Å². The van der Waals surface area contributed by atoms with Crippen molar-refractivity contribution in [3.63, 3.8) is 0 Å². The molecule has 0 aliphatic heterocycles. The van der Waals surface area contributed by atoms with Gasteiger partial charge in [-0.1, -0.05) is 25.5 Å². The fraction of sp³-hybridized carbons (Fsp3) is 0.462. The zero-order chi connectivity index (χ0) is 12.0. The molecule has 1 N–H and O–H groups in total. The van der Waals surface area contributed by atoms with Crippen LogP contribution in [0.2, 0.25) is 0 Å². The topological polar surface area (TPSA) is 32.3 Å². The minimum absolute atomic E-state index is 0.0960. The Balaban J connectivity index is 2.54. The van der Waals surface area contributed by atoms with Gasteiger partial charge in [0, 0.05) is 19.8 Å². The number of urea groups is 1. The first-order valence-corrected chi connectivity index (χ1v) is 5.70. The van der Waals surface area contributed by atoms with Gasteiger partial charge in [-0.3, -0.25) is 0 Å². The van der Waals surface area contributed by atoms with Gasteiger partial charge >= 0.3 is 6.03 Å². The molecule has 0 saturated carbocycles. The molecule has 0 fully saturated rings. The second-order valence-electron chi connectivity index (χ2n) is 4.13. The van der Waals surface area contributed by atoms with E-state index in [0.717, 1.165) is 12.1 Å². The Morgan fingerprint density at radius 2 is 1.88 bits per heavy atom. The SMILES string of the molecule is CCCCc1ccc(NC(=O)N(C)C)cc1. The highest BCUT2D eigenvalue weighted by atomic mass is 16.2. The average Bonchev–Trinajstić information content (AvgIpc) is 2.28. The van der Waals surface area contributed by atoms with E-state index < -0.39 is 0 Å². The fourth-order valence-corrected chi connectivity index (χ4v) is 1.37. The van der Waals surface area contributed by atoms with Crippen LogP contribution in [0.3, 0.4) is 0 Å². The molecule has 0 atom stereocenters. The lowest BCUT2D eigenvalue weighted by Gasteiger charge is -2.12. The van der Waals surface area contributed by atoms with E-state index in [1.165, 1.54) is 23.3 Å². The maximum Gasteiger partial charge on any atom is 0.321 e. The van der Waals surface area contributed by atoms with E-state index in [1.54, 1.807) is 14.1 Å². The van der Waals surface area contributed by atoms with Crippen LogP contribution in [0.5, 0.6) is 0 Å². The first-order chi connectivity index (χ1) is 7.63. The molecule has 1 aromatic carbocycles. The zero-order valence-corrected chi connectivity index (χ0v) is 10.3. The molecule has 0 heterocycles. The van der Waals surface area contributed by atoms with Crippen molar-refractivity contribution in [2.75, 3.05) is 19.4 Å². The van der Waals surface area contributed by atoms with E-state index in [9.17, 15) is 4.79 Å². The Morgan fingerprint density at radius 3 is 2.38 bits per heavy atom. The largest absolute Gasteiger partial charge is 0.331 e. The van der Waals surface area contributed by atoms with Crippen molar-refractivity contribution >= 4 is 11.7 Å². The van der Waals surface area contributed by atoms with Gasteiger partial charge in [-0.2, -0.15) is 0 Å². The van der Waals surface area contributed by atoms with Crippen LogP contribution in [-0.2, 0) is 6.42 Å². The number of nitrogens with one attached hydrogen (secondary N) is 1. The number of carbonyl (C=O) groups excluding carboxylic acids is 1. The van der Waals surface area contributed by atoms with Crippen LogP contribution in [0.15, 0.2) is 24.3 Å². The summed E-state index contributed by atoms with van der Waals surface area (Å²) >= 11 is 0. The number of anilines is 1. The monoisotopic (exact) mass is 220 g/mol. The van der Waals surface area contributed by atoms with E-state index >= 15 is 0 Å². The lowest BCUT2D eigenvalue weighted by Crippen LogP contribution is -2.27. The van der Waals surface area contributed by atoms with Crippen molar-refractivity contribution in [1.29, 1.82) is 0 Å². The molecular weight excluding hydrogens is 200 g/mol. The number of hydrogen-bond acceptors (Lipinski definition) is 1. The Labute approximate surface area is 97.5 Å². The smallest absolute Gasteiger partial charge is 0.321 e. The summed E-state index contributed by atoms with van der Waals surface area (Å²) in [6.07, 6.45) is 3.53. The molecule has 16 heavy (non-hydrogen) atoms. The van der Waals surface area contributed by atoms with Crippen molar-refractivity contribution in [2.24, 2.45) is 0 Å². The third-order valence-electron chi connectivity index (χ3n) is 2.43. The minimum atomic E-state index is -0.0960. The summed E-state index contributed by atoms with van der Waals surface area (Å²) in [5.41, 5.74) is 2.17. The molecule has 88 valence electrons. The quantitative estimate of drug-likeness (QED) is 0.830. The molecule has 1 aromatic rings. The Morgan fingerprint density at radius 1 is 1.25 bits per heavy atom. The summed E-state index contributed by atoms with van der Waals surface area (Å²) in [5.74, 6) is 0. The molecule has 0 aromatic heterocycles. The number of carbonyl (C=O) groups is 1. The van der Waals surface area contributed by atoms with Crippen molar-refractivity contribution in [3.8, 4) is 0 Å². The predicted octanol–water partition coefficient (Wildman–Crippen LogP) is 3.12. The van der Waals surface area contributed by atoms with Gasteiger partial charge in [0.2, 0.25) is 0 Å². The third-order valence-corrected chi connectivity index (χ3v) is 2.43. The molecule has 3 nitrogen and oxygen atoms in total. The summed E-state index contributed by atoms with van der Waals surface area (Å²) in [5, 5.41) is 2.81. The Kier molecular flexibility index (Phi) is 4.83. The number of rotatable bonds is 4. The standard InChI is InChI=1S/C13H20N2O/c1-4-5-6-11-7-9-12(10-8-11)14-13(16)15(2)3/h7-10H,4-6H2,1-3H3,(H,14,16). The molecule has 1 rings (SSSR count). The molecule has 0 aliphatic carbocycles. The van der Waals surface area contributed by atoms with E-state index in [2.05, 4.69) is 24.4 Å². The molecule has 0 bridgehead atoms. The van der Waals surface area contributed by atoms with Crippen molar-refractivity contribution in [1.82, 2.24) is 4.90 Å². The molecule has 0 saturated heterocycles. The fourth-order valence-electron chi connectivity index (χ4n) is 1.37.